The van der Waals surface area contributed by atoms with Gasteiger partial charge in [-0.25, -0.2) is 0 Å². The van der Waals surface area contributed by atoms with Crippen molar-refractivity contribution in [2.45, 2.75) is 36.4 Å². The molecule has 0 aliphatic heterocycles. The lowest BCUT2D eigenvalue weighted by molar-refractivity contribution is -0.122. The van der Waals surface area contributed by atoms with Gasteiger partial charge < -0.3 is 0 Å². The van der Waals surface area contributed by atoms with Crippen LogP contribution in [-0.4, -0.2) is 22.3 Å². The molecule has 0 unspecified atom stereocenters. The van der Waals surface area contributed by atoms with Gasteiger partial charge in [0.15, 0.2) is 11.6 Å². The van der Waals surface area contributed by atoms with Gasteiger partial charge in [0.1, 0.15) is 10.8 Å². The van der Waals surface area contributed by atoms with Crippen molar-refractivity contribution in [3.05, 3.63) is 11.1 Å². The van der Waals surface area contributed by atoms with Gasteiger partial charge in [-0.1, -0.05) is 0 Å². The van der Waals surface area contributed by atoms with Crippen LogP contribution in [0.2, 0.25) is 0 Å². The summed E-state index contributed by atoms with van der Waals surface area (Å²) < 4.78 is 0. The van der Waals surface area contributed by atoms with Gasteiger partial charge in [0.05, 0.1) is 0 Å². The maximum Gasteiger partial charge on any atom is 0.179 e. The Labute approximate surface area is 92.3 Å². The first-order valence-electron chi connectivity index (χ1n) is 4.71. The number of ketones is 2. The van der Waals surface area contributed by atoms with Crippen molar-refractivity contribution in [2.24, 2.45) is 0 Å². The van der Waals surface area contributed by atoms with Gasteiger partial charge in [0.25, 0.3) is 0 Å². The van der Waals surface area contributed by atoms with Crippen LogP contribution in [0.25, 0.3) is 0 Å². The molecule has 2 aliphatic carbocycles. The Hall–Kier alpha value is -0.340. The number of carbonyl (C=O) groups excluding carboxylic acids is 2. The normalized spacial score (nSPS) is 33.3. The van der Waals surface area contributed by atoms with Gasteiger partial charge in [-0.3, -0.25) is 9.59 Å². The van der Waals surface area contributed by atoms with Crippen molar-refractivity contribution in [2.75, 3.05) is 0 Å². The van der Waals surface area contributed by atoms with E-state index in [0.717, 1.165) is 12.8 Å². The van der Waals surface area contributed by atoms with E-state index in [1.54, 1.807) is 0 Å². The molecule has 0 radical (unpaired) electrons. The van der Waals surface area contributed by atoms with E-state index in [1.165, 1.54) is 0 Å². The highest BCUT2D eigenvalue weighted by molar-refractivity contribution is 6.48. The Morgan fingerprint density at radius 1 is 0.857 bits per heavy atom. The Balaban J connectivity index is 2.45. The standard InChI is InChI=1S/C10H10Cl2O2/c11-7-8(12)10(14)6-4-2-1-3-5(6)9(7)13/h7-8H,1-4H2/t7-,8-/m1/s1. The van der Waals surface area contributed by atoms with Gasteiger partial charge in [0.2, 0.25) is 0 Å². The molecule has 0 N–H and O–H groups in total. The first kappa shape index (κ1) is 10.2. The SMILES string of the molecule is O=C1C2=C(CCCC2)C(=O)[C@H](Cl)[C@H]1Cl. The molecule has 0 saturated carbocycles. The van der Waals surface area contributed by atoms with Crippen LogP contribution in [0.1, 0.15) is 25.7 Å². The van der Waals surface area contributed by atoms with E-state index in [4.69, 9.17) is 23.2 Å². The van der Waals surface area contributed by atoms with E-state index in [1.807, 2.05) is 0 Å². The van der Waals surface area contributed by atoms with Crippen molar-refractivity contribution in [1.82, 2.24) is 0 Å². The topological polar surface area (TPSA) is 34.1 Å². The summed E-state index contributed by atoms with van der Waals surface area (Å²) in [5.74, 6) is -0.276. The average molecular weight is 233 g/mol. The lowest BCUT2D eigenvalue weighted by Crippen LogP contribution is -2.40. The van der Waals surface area contributed by atoms with Crippen LogP contribution in [0.5, 0.6) is 0 Å². The smallest absolute Gasteiger partial charge is 0.179 e. The first-order chi connectivity index (χ1) is 6.63. The molecule has 76 valence electrons. The van der Waals surface area contributed by atoms with Crippen molar-refractivity contribution in [3.8, 4) is 0 Å². The maximum atomic E-state index is 11.7. The van der Waals surface area contributed by atoms with Crippen LogP contribution in [0.15, 0.2) is 11.1 Å². The second-order valence-corrected chi connectivity index (χ2v) is 4.64. The van der Waals surface area contributed by atoms with Crippen molar-refractivity contribution < 1.29 is 9.59 Å². The molecule has 0 saturated heterocycles. The quantitative estimate of drug-likeness (QED) is 0.601. The summed E-state index contributed by atoms with van der Waals surface area (Å²) in [4.78, 5) is 23.4. The lowest BCUT2D eigenvalue weighted by atomic mass is 9.80. The minimum Gasteiger partial charge on any atom is -0.293 e. The van der Waals surface area contributed by atoms with Crippen LogP contribution >= 0.6 is 23.2 Å². The first-order valence-corrected chi connectivity index (χ1v) is 5.59. The highest BCUT2D eigenvalue weighted by Gasteiger charge is 2.41. The zero-order chi connectivity index (χ0) is 10.3. The van der Waals surface area contributed by atoms with Crippen molar-refractivity contribution >= 4 is 34.8 Å². The van der Waals surface area contributed by atoms with E-state index in [0.29, 0.717) is 24.0 Å². The molecule has 2 aliphatic rings. The average Bonchev–Trinajstić information content (AvgIpc) is 2.23. The molecular formula is C10H10Cl2O2. The molecule has 0 spiro atoms. The summed E-state index contributed by atoms with van der Waals surface area (Å²) >= 11 is 11.6. The molecular weight excluding hydrogens is 223 g/mol. The number of hydrogen-bond acceptors (Lipinski definition) is 2. The molecule has 2 nitrogen and oxygen atoms in total. The number of allylic oxidation sites excluding steroid dienone is 2. The second kappa shape index (κ2) is 3.67. The lowest BCUT2D eigenvalue weighted by Gasteiger charge is -2.28. The van der Waals surface area contributed by atoms with E-state index in [2.05, 4.69) is 0 Å². The summed E-state index contributed by atoms with van der Waals surface area (Å²) in [7, 11) is 0. The Bertz CT molecular complexity index is 301. The molecule has 0 fully saturated rings. The number of rotatable bonds is 0. The van der Waals surface area contributed by atoms with Gasteiger partial charge >= 0.3 is 0 Å². The number of alkyl halides is 2. The van der Waals surface area contributed by atoms with E-state index in [-0.39, 0.29) is 11.6 Å². The third-order valence-electron chi connectivity index (χ3n) is 2.82. The van der Waals surface area contributed by atoms with Crippen molar-refractivity contribution in [1.29, 1.82) is 0 Å². The van der Waals surface area contributed by atoms with Crippen LogP contribution < -0.4 is 0 Å². The molecule has 0 aromatic rings. The molecule has 0 aromatic heterocycles. The predicted molar refractivity (Wildman–Crippen MR) is 54.8 cm³/mol. The van der Waals surface area contributed by atoms with E-state index in [9.17, 15) is 9.59 Å². The minimum absolute atomic E-state index is 0.138. The Morgan fingerprint density at radius 2 is 1.21 bits per heavy atom. The fourth-order valence-electron chi connectivity index (χ4n) is 2.05. The Morgan fingerprint density at radius 3 is 1.57 bits per heavy atom. The van der Waals surface area contributed by atoms with Crippen LogP contribution in [0, 0.1) is 0 Å². The zero-order valence-electron chi connectivity index (χ0n) is 7.56. The molecule has 0 bridgehead atoms. The van der Waals surface area contributed by atoms with Crippen molar-refractivity contribution in [3.63, 3.8) is 0 Å². The third-order valence-corrected chi connectivity index (χ3v) is 3.85. The maximum absolute atomic E-state index is 11.7. The molecule has 14 heavy (non-hydrogen) atoms. The molecule has 2 atom stereocenters. The zero-order valence-corrected chi connectivity index (χ0v) is 9.07. The second-order valence-electron chi connectivity index (χ2n) is 3.70. The van der Waals surface area contributed by atoms with Crippen LogP contribution in [-0.2, 0) is 9.59 Å². The summed E-state index contributed by atoms with van der Waals surface area (Å²) in [6.07, 6.45) is 3.31. The molecule has 4 heteroatoms. The molecule has 2 rings (SSSR count). The molecule has 0 amide bonds. The number of carbonyl (C=O) groups is 2. The number of halogens is 2. The summed E-state index contributed by atoms with van der Waals surface area (Å²) in [5, 5.41) is -1.72. The third kappa shape index (κ3) is 1.41. The fourth-order valence-corrected chi connectivity index (χ4v) is 2.54. The van der Waals surface area contributed by atoms with Gasteiger partial charge in [-0.05, 0) is 25.7 Å². The van der Waals surface area contributed by atoms with Crippen LogP contribution in [0.3, 0.4) is 0 Å². The summed E-state index contributed by atoms with van der Waals surface area (Å²) in [6, 6.07) is 0. The molecule has 0 aromatic carbocycles. The number of hydrogen-bond donors (Lipinski definition) is 0. The largest absolute Gasteiger partial charge is 0.293 e. The van der Waals surface area contributed by atoms with E-state index < -0.39 is 10.8 Å². The molecule has 0 heterocycles. The highest BCUT2D eigenvalue weighted by Crippen LogP contribution is 2.35. The van der Waals surface area contributed by atoms with Gasteiger partial charge in [0, 0.05) is 11.1 Å². The summed E-state index contributed by atoms with van der Waals surface area (Å²) in [5.41, 5.74) is 1.27. The van der Waals surface area contributed by atoms with E-state index >= 15 is 0 Å². The Kier molecular flexibility index (Phi) is 2.67. The monoisotopic (exact) mass is 232 g/mol. The fraction of sp³-hybridized carbons (Fsp3) is 0.600. The van der Waals surface area contributed by atoms with Gasteiger partial charge in [-0.15, -0.1) is 23.2 Å². The van der Waals surface area contributed by atoms with Crippen LogP contribution in [0.4, 0.5) is 0 Å². The highest BCUT2D eigenvalue weighted by atomic mass is 35.5. The number of Topliss-reactive ketones (excluding diaryl/α,β-unsaturated/α-hetero) is 2. The minimum atomic E-state index is -0.860. The predicted octanol–water partition coefficient (Wildman–Crippen LogP) is 2.22. The summed E-state index contributed by atoms with van der Waals surface area (Å²) in [6.45, 7) is 0. The van der Waals surface area contributed by atoms with Gasteiger partial charge in [-0.2, -0.15) is 0 Å².